The van der Waals surface area contributed by atoms with Gasteiger partial charge in [0.05, 0.1) is 0 Å². The van der Waals surface area contributed by atoms with E-state index in [0.29, 0.717) is 12.6 Å². The number of thioether (sulfide) groups is 1. The van der Waals surface area contributed by atoms with Crippen LogP contribution in [-0.2, 0) is 6.54 Å². The summed E-state index contributed by atoms with van der Waals surface area (Å²) in [5, 5.41) is 0. The van der Waals surface area contributed by atoms with Crippen molar-refractivity contribution in [2.24, 2.45) is 5.73 Å². The summed E-state index contributed by atoms with van der Waals surface area (Å²) in [6.07, 6.45) is 2.12. The molecule has 1 aromatic rings. The lowest BCUT2D eigenvalue weighted by Crippen LogP contribution is -2.50. The third-order valence-electron chi connectivity index (χ3n) is 3.67. The van der Waals surface area contributed by atoms with E-state index in [-0.39, 0.29) is 0 Å². The molecule has 2 rings (SSSR count). The second kappa shape index (κ2) is 5.95. The molecule has 0 spiro atoms. The Balaban J connectivity index is 2.32. The number of hydrogen-bond acceptors (Lipinski definition) is 4. The molecule has 3 nitrogen and oxygen atoms in total. The van der Waals surface area contributed by atoms with Gasteiger partial charge in [-0.15, -0.1) is 11.8 Å². The molecule has 0 amide bonds. The van der Waals surface area contributed by atoms with E-state index >= 15 is 0 Å². The van der Waals surface area contributed by atoms with Crippen LogP contribution in [0.15, 0.2) is 23.1 Å². The average molecular weight is 265 g/mol. The van der Waals surface area contributed by atoms with Gasteiger partial charge < -0.3 is 15.5 Å². The number of piperazine rings is 1. The van der Waals surface area contributed by atoms with Gasteiger partial charge in [0, 0.05) is 48.4 Å². The first-order valence-corrected chi connectivity index (χ1v) is 7.71. The second-order valence-electron chi connectivity index (χ2n) is 4.97. The van der Waals surface area contributed by atoms with E-state index in [4.69, 9.17) is 5.73 Å². The Morgan fingerprint density at radius 1 is 1.39 bits per heavy atom. The highest BCUT2D eigenvalue weighted by molar-refractivity contribution is 7.98. The van der Waals surface area contributed by atoms with E-state index in [0.717, 1.165) is 19.6 Å². The van der Waals surface area contributed by atoms with Crippen molar-refractivity contribution in [1.82, 2.24) is 4.90 Å². The van der Waals surface area contributed by atoms with E-state index in [9.17, 15) is 0 Å². The van der Waals surface area contributed by atoms with Crippen LogP contribution in [0.25, 0.3) is 0 Å². The molecule has 18 heavy (non-hydrogen) atoms. The third kappa shape index (κ3) is 2.66. The van der Waals surface area contributed by atoms with Gasteiger partial charge in [0.2, 0.25) is 0 Å². The number of nitrogens with two attached hydrogens (primary N) is 1. The first kappa shape index (κ1) is 13.7. The predicted octanol–water partition coefficient (Wildman–Crippen LogP) is 2.01. The molecule has 1 aliphatic rings. The molecule has 4 heteroatoms. The van der Waals surface area contributed by atoms with Gasteiger partial charge in [0.1, 0.15) is 0 Å². The van der Waals surface area contributed by atoms with E-state index in [1.165, 1.54) is 16.1 Å². The van der Waals surface area contributed by atoms with Gasteiger partial charge in [-0.05, 0) is 32.4 Å². The number of nitrogens with zero attached hydrogens (tertiary/aromatic N) is 2. The molecule has 1 unspecified atom stereocenters. The van der Waals surface area contributed by atoms with Gasteiger partial charge >= 0.3 is 0 Å². The maximum atomic E-state index is 5.96. The summed E-state index contributed by atoms with van der Waals surface area (Å²) < 4.78 is 0. The summed E-state index contributed by atoms with van der Waals surface area (Å²) in [5.74, 6) is 0. The first-order chi connectivity index (χ1) is 8.67. The zero-order valence-electron chi connectivity index (χ0n) is 11.5. The van der Waals surface area contributed by atoms with Crippen LogP contribution in [0.4, 0.5) is 5.69 Å². The van der Waals surface area contributed by atoms with Crippen molar-refractivity contribution >= 4 is 17.4 Å². The Morgan fingerprint density at radius 2 is 2.17 bits per heavy atom. The smallest absolute Gasteiger partial charge is 0.0426 e. The topological polar surface area (TPSA) is 32.5 Å². The molecule has 2 N–H and O–H groups in total. The Morgan fingerprint density at radius 3 is 2.78 bits per heavy atom. The van der Waals surface area contributed by atoms with Gasteiger partial charge in [-0.1, -0.05) is 6.07 Å². The fourth-order valence-electron chi connectivity index (χ4n) is 2.72. The van der Waals surface area contributed by atoms with Crippen molar-refractivity contribution < 1.29 is 0 Å². The largest absolute Gasteiger partial charge is 0.366 e. The monoisotopic (exact) mass is 265 g/mol. The van der Waals surface area contributed by atoms with Crippen molar-refractivity contribution in [3.8, 4) is 0 Å². The van der Waals surface area contributed by atoms with Crippen LogP contribution in [0.5, 0.6) is 0 Å². The number of likely N-dealkylation sites (N-methyl/N-ethyl adjacent to an activating group) is 1. The van der Waals surface area contributed by atoms with E-state index < -0.39 is 0 Å². The molecule has 0 aliphatic carbocycles. The van der Waals surface area contributed by atoms with Gasteiger partial charge in [-0.3, -0.25) is 0 Å². The average Bonchev–Trinajstić information content (AvgIpc) is 2.37. The van der Waals surface area contributed by atoms with E-state index in [1.807, 2.05) is 0 Å². The van der Waals surface area contributed by atoms with Crippen LogP contribution in [0.1, 0.15) is 12.5 Å². The fourth-order valence-corrected chi connectivity index (χ4v) is 3.37. The van der Waals surface area contributed by atoms with Gasteiger partial charge in [-0.25, -0.2) is 0 Å². The zero-order chi connectivity index (χ0) is 13.1. The summed E-state index contributed by atoms with van der Waals surface area (Å²) in [4.78, 5) is 6.20. The minimum absolute atomic E-state index is 0.547. The SMILES string of the molecule is CSc1cccc(N2CCN(C)CC2C)c1CN. The van der Waals surface area contributed by atoms with Gasteiger partial charge in [0.25, 0.3) is 0 Å². The Bertz CT molecular complexity index is 408. The van der Waals surface area contributed by atoms with Crippen LogP contribution in [0.3, 0.4) is 0 Å². The Labute approximate surface area is 114 Å². The highest BCUT2D eigenvalue weighted by atomic mass is 32.2. The number of rotatable bonds is 3. The highest BCUT2D eigenvalue weighted by Gasteiger charge is 2.23. The molecule has 0 saturated carbocycles. The normalized spacial score (nSPS) is 21.3. The van der Waals surface area contributed by atoms with Crippen molar-refractivity contribution in [3.05, 3.63) is 23.8 Å². The summed E-state index contributed by atoms with van der Waals surface area (Å²) in [6.45, 7) is 6.24. The molecule has 1 saturated heterocycles. The molecule has 100 valence electrons. The maximum Gasteiger partial charge on any atom is 0.0426 e. The zero-order valence-corrected chi connectivity index (χ0v) is 12.3. The Hall–Kier alpha value is -0.710. The minimum Gasteiger partial charge on any atom is -0.366 e. The summed E-state index contributed by atoms with van der Waals surface area (Å²) in [7, 11) is 2.19. The van der Waals surface area contributed by atoms with Crippen molar-refractivity contribution in [1.29, 1.82) is 0 Å². The second-order valence-corrected chi connectivity index (χ2v) is 5.81. The third-order valence-corrected chi connectivity index (χ3v) is 4.49. The summed E-state index contributed by atoms with van der Waals surface area (Å²) in [5.41, 5.74) is 8.57. The van der Waals surface area contributed by atoms with Gasteiger partial charge in [-0.2, -0.15) is 0 Å². The molecule has 1 aromatic carbocycles. The molecule has 0 aromatic heterocycles. The van der Waals surface area contributed by atoms with Crippen LogP contribution in [0.2, 0.25) is 0 Å². The highest BCUT2D eigenvalue weighted by Crippen LogP contribution is 2.31. The van der Waals surface area contributed by atoms with Gasteiger partial charge in [0.15, 0.2) is 0 Å². The molecule has 1 fully saturated rings. The lowest BCUT2D eigenvalue weighted by Gasteiger charge is -2.41. The Kier molecular flexibility index (Phi) is 4.54. The van der Waals surface area contributed by atoms with Crippen LogP contribution in [0, 0.1) is 0 Å². The van der Waals surface area contributed by atoms with Crippen molar-refractivity contribution in [3.63, 3.8) is 0 Å². The van der Waals surface area contributed by atoms with E-state index in [1.54, 1.807) is 11.8 Å². The standard InChI is InChI=1S/C14H23N3S/c1-11-10-16(2)7-8-17(11)13-5-4-6-14(18-3)12(13)9-15/h4-6,11H,7-10,15H2,1-3H3. The molecule has 0 bridgehead atoms. The molecular weight excluding hydrogens is 242 g/mol. The van der Waals surface area contributed by atoms with Crippen molar-refractivity contribution in [2.75, 3.05) is 37.8 Å². The lowest BCUT2D eigenvalue weighted by molar-refractivity contribution is 0.275. The first-order valence-electron chi connectivity index (χ1n) is 6.48. The lowest BCUT2D eigenvalue weighted by atomic mass is 10.1. The van der Waals surface area contributed by atoms with Crippen LogP contribution < -0.4 is 10.6 Å². The minimum atomic E-state index is 0.547. The molecule has 1 heterocycles. The maximum absolute atomic E-state index is 5.96. The predicted molar refractivity (Wildman–Crippen MR) is 80.4 cm³/mol. The molecule has 1 atom stereocenters. The van der Waals surface area contributed by atoms with Crippen molar-refractivity contribution in [2.45, 2.75) is 24.4 Å². The quantitative estimate of drug-likeness (QED) is 0.848. The van der Waals surface area contributed by atoms with E-state index in [2.05, 4.69) is 48.2 Å². The van der Waals surface area contributed by atoms with Crippen LogP contribution >= 0.6 is 11.8 Å². The summed E-state index contributed by atoms with van der Waals surface area (Å²) >= 11 is 1.78. The fraction of sp³-hybridized carbons (Fsp3) is 0.571. The summed E-state index contributed by atoms with van der Waals surface area (Å²) in [6, 6.07) is 7.07. The van der Waals surface area contributed by atoms with Crippen LogP contribution in [-0.4, -0.2) is 43.9 Å². The number of benzene rings is 1. The molecular formula is C14H23N3S. The molecule has 0 radical (unpaired) electrons. The number of hydrogen-bond donors (Lipinski definition) is 1. The molecule has 1 aliphatic heterocycles. The number of anilines is 1.